The number of piperidine rings is 1. The van der Waals surface area contributed by atoms with Crippen LogP contribution in [-0.2, 0) is 14.8 Å². The third-order valence-corrected chi connectivity index (χ3v) is 5.33. The van der Waals surface area contributed by atoms with Crippen molar-refractivity contribution in [3.8, 4) is 0 Å². The van der Waals surface area contributed by atoms with E-state index in [-0.39, 0.29) is 48.9 Å². The Kier molecular flexibility index (Phi) is 11.2. The number of guanidine groups is 1. The van der Waals surface area contributed by atoms with Crippen LogP contribution in [0.3, 0.4) is 0 Å². The zero-order valence-electron chi connectivity index (χ0n) is 14.1. The van der Waals surface area contributed by atoms with E-state index < -0.39 is 15.5 Å². The number of nitrogens with two attached hydrogens (primary N) is 1. The Bertz CT molecular complexity index is 509. The van der Waals surface area contributed by atoms with Gasteiger partial charge in [0.05, 0.1) is 0 Å². The Morgan fingerprint density at radius 2 is 1.96 bits per heavy atom. The monoisotopic (exact) mass is 502 g/mol. The van der Waals surface area contributed by atoms with Crippen molar-refractivity contribution in [2.75, 3.05) is 39.4 Å². The van der Waals surface area contributed by atoms with E-state index in [1.54, 1.807) is 0 Å². The van der Waals surface area contributed by atoms with Gasteiger partial charge in [0.25, 0.3) is 0 Å². The third kappa shape index (κ3) is 8.26. The summed E-state index contributed by atoms with van der Waals surface area (Å²) in [6.45, 7) is 3.89. The van der Waals surface area contributed by atoms with Crippen molar-refractivity contribution in [2.45, 2.75) is 31.7 Å². The topological polar surface area (TPSA) is 97.0 Å². The average Bonchev–Trinajstić information content (AvgIpc) is 2.52. The molecule has 0 atom stereocenters. The molecule has 150 valence electrons. The molecule has 0 bridgehead atoms. The number of sulfonamides is 1. The highest BCUT2D eigenvalue weighted by atomic mass is 127. The molecular formula is C13H26F3IN4O3S. The van der Waals surface area contributed by atoms with Crippen LogP contribution in [0.4, 0.5) is 13.2 Å². The molecule has 1 rings (SSSR count). The number of hydrogen-bond acceptors (Lipinski definition) is 4. The van der Waals surface area contributed by atoms with Crippen LogP contribution < -0.4 is 11.1 Å². The van der Waals surface area contributed by atoms with E-state index in [1.807, 2.05) is 6.92 Å². The van der Waals surface area contributed by atoms with Crippen molar-refractivity contribution in [3.05, 3.63) is 0 Å². The van der Waals surface area contributed by atoms with Gasteiger partial charge < -0.3 is 15.8 Å². The van der Waals surface area contributed by atoms with Gasteiger partial charge in [0.2, 0.25) is 0 Å². The molecule has 0 aromatic carbocycles. The molecular weight excluding hydrogens is 476 g/mol. The second-order valence-corrected chi connectivity index (χ2v) is 7.43. The molecule has 7 nitrogen and oxygen atoms in total. The summed E-state index contributed by atoms with van der Waals surface area (Å²) in [5.41, 5.74) is 0.460. The molecule has 0 amide bonds. The number of hydrogen-bond donors (Lipinski definition) is 2. The lowest BCUT2D eigenvalue weighted by atomic mass is 9.98. The van der Waals surface area contributed by atoms with Gasteiger partial charge in [0.15, 0.2) is 5.96 Å². The van der Waals surface area contributed by atoms with Crippen LogP contribution in [0.15, 0.2) is 4.99 Å². The average molecular weight is 502 g/mol. The summed E-state index contributed by atoms with van der Waals surface area (Å²) in [5.74, 6) is 0.297. The Morgan fingerprint density at radius 3 is 2.48 bits per heavy atom. The highest BCUT2D eigenvalue weighted by Gasteiger charge is 2.50. The first kappa shape index (κ1) is 24.7. The van der Waals surface area contributed by atoms with E-state index in [1.165, 1.54) is 0 Å². The molecule has 0 radical (unpaired) electrons. The van der Waals surface area contributed by atoms with Gasteiger partial charge in [-0.25, -0.2) is 8.42 Å². The summed E-state index contributed by atoms with van der Waals surface area (Å²) in [5, 5.41) is 2.93. The van der Waals surface area contributed by atoms with E-state index in [0.717, 1.165) is 6.42 Å². The molecule has 25 heavy (non-hydrogen) atoms. The maximum Gasteiger partial charge on any atom is 0.511 e. The van der Waals surface area contributed by atoms with Gasteiger partial charge in [-0.2, -0.15) is 17.5 Å². The molecule has 3 N–H and O–H groups in total. The lowest BCUT2D eigenvalue weighted by molar-refractivity contribution is -0.0496. The van der Waals surface area contributed by atoms with Crippen molar-refractivity contribution in [1.82, 2.24) is 9.62 Å². The Morgan fingerprint density at radius 1 is 1.36 bits per heavy atom. The molecule has 0 aliphatic carbocycles. The van der Waals surface area contributed by atoms with Crippen LogP contribution in [-0.4, -0.2) is 63.6 Å². The van der Waals surface area contributed by atoms with E-state index in [0.29, 0.717) is 43.5 Å². The van der Waals surface area contributed by atoms with Gasteiger partial charge in [-0.1, -0.05) is 0 Å². The van der Waals surface area contributed by atoms with Gasteiger partial charge >= 0.3 is 15.5 Å². The molecule has 0 aromatic heterocycles. The van der Waals surface area contributed by atoms with Crippen molar-refractivity contribution in [1.29, 1.82) is 0 Å². The van der Waals surface area contributed by atoms with Gasteiger partial charge in [0, 0.05) is 39.4 Å². The van der Waals surface area contributed by atoms with E-state index in [2.05, 4.69) is 10.3 Å². The first-order chi connectivity index (χ1) is 11.2. The van der Waals surface area contributed by atoms with Crippen molar-refractivity contribution < 1.29 is 26.3 Å². The second kappa shape index (κ2) is 11.4. The molecule has 1 fully saturated rings. The van der Waals surface area contributed by atoms with Gasteiger partial charge in [-0.3, -0.25) is 4.99 Å². The number of halogens is 4. The second-order valence-electron chi connectivity index (χ2n) is 5.50. The highest BCUT2D eigenvalue weighted by Crippen LogP contribution is 2.30. The first-order valence-electron chi connectivity index (χ1n) is 7.86. The summed E-state index contributed by atoms with van der Waals surface area (Å²) in [6.07, 6.45) is 1.45. The molecule has 0 saturated carbocycles. The molecule has 1 saturated heterocycles. The lowest BCUT2D eigenvalue weighted by Crippen LogP contribution is -2.45. The fraction of sp³-hybridized carbons (Fsp3) is 0.923. The normalized spacial score (nSPS) is 18.0. The minimum Gasteiger partial charge on any atom is -0.382 e. The van der Waals surface area contributed by atoms with Crippen molar-refractivity contribution in [2.24, 2.45) is 16.6 Å². The number of rotatable bonds is 8. The predicted octanol–water partition coefficient (Wildman–Crippen LogP) is 1.50. The minimum atomic E-state index is -5.24. The van der Waals surface area contributed by atoms with Gasteiger partial charge in [0.1, 0.15) is 0 Å². The summed E-state index contributed by atoms with van der Waals surface area (Å²) in [6, 6.07) is 0. The number of aliphatic imine (C=N–C) groups is 1. The molecule has 0 spiro atoms. The number of alkyl halides is 3. The highest BCUT2D eigenvalue weighted by molar-refractivity contribution is 14.0. The number of nitrogens with zero attached hydrogens (tertiary/aromatic N) is 2. The minimum absolute atomic E-state index is 0. The zero-order valence-corrected chi connectivity index (χ0v) is 17.2. The maximum atomic E-state index is 12.5. The third-order valence-electron chi connectivity index (χ3n) is 3.70. The van der Waals surface area contributed by atoms with E-state index in [4.69, 9.17) is 10.5 Å². The Hall–Kier alpha value is -0.340. The van der Waals surface area contributed by atoms with Crippen LogP contribution in [0.5, 0.6) is 0 Å². The molecule has 1 heterocycles. The fourth-order valence-electron chi connectivity index (χ4n) is 2.30. The predicted molar refractivity (Wildman–Crippen MR) is 100 cm³/mol. The maximum absolute atomic E-state index is 12.5. The SMILES string of the molecule is CCOCCCNC(N)=NCC1CCN(S(=O)(=O)C(F)(F)F)CC1.I. The quantitative estimate of drug-likeness (QED) is 0.227. The molecule has 0 aromatic rings. The number of nitrogens with one attached hydrogen (secondary N) is 1. The van der Waals surface area contributed by atoms with Crippen LogP contribution in [0, 0.1) is 5.92 Å². The van der Waals surface area contributed by atoms with E-state index in [9.17, 15) is 21.6 Å². The molecule has 1 aliphatic heterocycles. The standard InChI is InChI=1S/C13H25F3N4O3S.HI/c1-2-23-9-3-6-18-12(17)19-10-11-4-7-20(8-5-11)24(21,22)13(14,15)16;/h11H,2-10H2,1H3,(H3,17,18,19);1H. The Labute approximate surface area is 163 Å². The van der Waals surface area contributed by atoms with Gasteiger partial charge in [-0.05, 0) is 32.1 Å². The van der Waals surface area contributed by atoms with Crippen LogP contribution in [0.2, 0.25) is 0 Å². The molecule has 12 heteroatoms. The van der Waals surface area contributed by atoms with Crippen molar-refractivity contribution in [3.63, 3.8) is 0 Å². The summed E-state index contributed by atoms with van der Waals surface area (Å²) < 4.78 is 65.7. The molecule has 0 unspecified atom stereocenters. The smallest absolute Gasteiger partial charge is 0.382 e. The number of ether oxygens (including phenoxy) is 1. The molecule has 1 aliphatic rings. The summed E-state index contributed by atoms with van der Waals surface area (Å²) >= 11 is 0. The van der Waals surface area contributed by atoms with Crippen LogP contribution in [0.25, 0.3) is 0 Å². The Balaban J connectivity index is 0.00000576. The summed E-state index contributed by atoms with van der Waals surface area (Å²) in [4.78, 5) is 4.15. The lowest BCUT2D eigenvalue weighted by Gasteiger charge is -2.30. The van der Waals surface area contributed by atoms with Crippen molar-refractivity contribution >= 4 is 40.0 Å². The zero-order chi connectivity index (χ0) is 18.2. The largest absolute Gasteiger partial charge is 0.511 e. The summed E-state index contributed by atoms with van der Waals surface area (Å²) in [7, 11) is -5.23. The fourth-order valence-corrected chi connectivity index (χ4v) is 3.28. The van der Waals surface area contributed by atoms with Gasteiger partial charge in [-0.15, -0.1) is 24.0 Å². The first-order valence-corrected chi connectivity index (χ1v) is 9.30. The van der Waals surface area contributed by atoms with E-state index >= 15 is 0 Å². The van der Waals surface area contributed by atoms with Crippen LogP contribution >= 0.6 is 24.0 Å². The van der Waals surface area contributed by atoms with Crippen LogP contribution in [0.1, 0.15) is 26.2 Å².